The van der Waals surface area contributed by atoms with Gasteiger partial charge in [-0.25, -0.2) is 0 Å². The Morgan fingerprint density at radius 3 is 2.95 bits per heavy atom. The Kier molecular flexibility index (Phi) is 5.82. The second-order valence-electron chi connectivity index (χ2n) is 5.13. The van der Waals surface area contributed by atoms with Gasteiger partial charge in [-0.05, 0) is 49.4 Å². The minimum atomic E-state index is -0.0152. The summed E-state index contributed by atoms with van der Waals surface area (Å²) in [5.74, 6) is 0. The molecule has 0 aliphatic carbocycles. The molecule has 2 unspecified atom stereocenters. The molecule has 1 aromatic rings. The van der Waals surface area contributed by atoms with Gasteiger partial charge in [0.15, 0.2) is 0 Å². The lowest BCUT2D eigenvalue weighted by atomic mass is 10.0. The Hall–Kier alpha value is -0.420. The summed E-state index contributed by atoms with van der Waals surface area (Å²) in [5, 5.41) is 13.0. The Morgan fingerprint density at radius 1 is 1.47 bits per heavy atom. The van der Waals surface area contributed by atoms with E-state index >= 15 is 0 Å². The number of ether oxygens (including phenoxy) is 1. The summed E-state index contributed by atoms with van der Waals surface area (Å²) >= 11 is 3.47. The number of halogens is 1. The van der Waals surface area contributed by atoms with Crippen LogP contribution in [-0.4, -0.2) is 31.0 Å². The van der Waals surface area contributed by atoms with E-state index in [0.29, 0.717) is 6.10 Å². The first-order chi connectivity index (χ1) is 9.20. The normalized spacial score (nSPS) is 21.3. The van der Waals surface area contributed by atoms with Gasteiger partial charge >= 0.3 is 0 Å². The van der Waals surface area contributed by atoms with E-state index in [1.807, 2.05) is 6.07 Å². The lowest BCUT2D eigenvalue weighted by Gasteiger charge is -2.26. The highest BCUT2D eigenvalue weighted by Crippen LogP contribution is 2.22. The van der Waals surface area contributed by atoms with E-state index in [0.717, 1.165) is 29.6 Å². The Morgan fingerprint density at radius 2 is 2.32 bits per heavy atom. The van der Waals surface area contributed by atoms with Crippen molar-refractivity contribution in [2.24, 2.45) is 0 Å². The van der Waals surface area contributed by atoms with Gasteiger partial charge in [-0.2, -0.15) is 0 Å². The molecule has 0 radical (unpaired) electrons. The maximum absolute atomic E-state index is 9.59. The number of hydrogen-bond donors (Lipinski definition) is 2. The van der Waals surface area contributed by atoms with E-state index in [4.69, 9.17) is 4.74 Å². The van der Waals surface area contributed by atoms with Gasteiger partial charge in [0.1, 0.15) is 0 Å². The highest BCUT2D eigenvalue weighted by atomic mass is 79.9. The van der Waals surface area contributed by atoms with Gasteiger partial charge in [0.25, 0.3) is 0 Å². The monoisotopic (exact) mass is 327 g/mol. The summed E-state index contributed by atoms with van der Waals surface area (Å²) < 4.78 is 6.78. The smallest absolute Gasteiger partial charge is 0.0699 e. The van der Waals surface area contributed by atoms with Gasteiger partial charge < -0.3 is 15.2 Å². The largest absolute Gasteiger partial charge is 0.394 e. The predicted octanol–water partition coefficient (Wildman–Crippen LogP) is 2.95. The first kappa shape index (κ1) is 15.0. The van der Waals surface area contributed by atoms with Crippen LogP contribution in [0.2, 0.25) is 0 Å². The van der Waals surface area contributed by atoms with Gasteiger partial charge in [-0.1, -0.05) is 22.0 Å². The van der Waals surface area contributed by atoms with Crippen molar-refractivity contribution in [2.45, 2.75) is 38.3 Å². The van der Waals surface area contributed by atoms with E-state index in [-0.39, 0.29) is 12.6 Å². The topological polar surface area (TPSA) is 41.5 Å². The molecule has 0 amide bonds. The van der Waals surface area contributed by atoms with Crippen molar-refractivity contribution in [3.8, 4) is 0 Å². The molecule has 2 atom stereocenters. The fraction of sp³-hybridized carbons (Fsp3) is 0.600. The molecule has 2 rings (SSSR count). The minimum absolute atomic E-state index is 0.0152. The van der Waals surface area contributed by atoms with Crippen LogP contribution in [0.5, 0.6) is 0 Å². The number of benzene rings is 1. The van der Waals surface area contributed by atoms with Crippen molar-refractivity contribution in [1.82, 2.24) is 5.32 Å². The molecular formula is C15H22BrNO2. The van der Waals surface area contributed by atoms with E-state index in [2.05, 4.69) is 40.3 Å². The second kappa shape index (κ2) is 7.39. The van der Waals surface area contributed by atoms with Crippen LogP contribution >= 0.6 is 15.9 Å². The van der Waals surface area contributed by atoms with Crippen molar-refractivity contribution >= 4 is 15.9 Å². The van der Waals surface area contributed by atoms with Crippen molar-refractivity contribution in [2.75, 3.05) is 19.8 Å². The fourth-order valence-corrected chi connectivity index (χ4v) is 3.02. The molecule has 3 nitrogen and oxygen atoms in total. The molecule has 0 aromatic heterocycles. The maximum atomic E-state index is 9.59. The van der Waals surface area contributed by atoms with Gasteiger partial charge in [-0.3, -0.25) is 0 Å². The zero-order valence-corrected chi connectivity index (χ0v) is 12.9. The standard InChI is InChI=1S/C15H22BrNO2/c1-11-8-12(16)5-6-14(11)15(10-18)17-9-13-4-2-3-7-19-13/h5-6,8,13,15,17-18H,2-4,7,9-10H2,1H3. The van der Waals surface area contributed by atoms with Gasteiger partial charge in [0, 0.05) is 17.6 Å². The van der Waals surface area contributed by atoms with Crippen LogP contribution in [0.1, 0.15) is 36.4 Å². The van der Waals surface area contributed by atoms with Crippen molar-refractivity contribution < 1.29 is 9.84 Å². The lowest BCUT2D eigenvalue weighted by molar-refractivity contribution is 0.0141. The highest BCUT2D eigenvalue weighted by Gasteiger charge is 2.17. The molecule has 1 aromatic carbocycles. The van der Waals surface area contributed by atoms with Gasteiger partial charge in [0.2, 0.25) is 0 Å². The maximum Gasteiger partial charge on any atom is 0.0699 e. The third-order valence-electron chi connectivity index (χ3n) is 3.66. The van der Waals surface area contributed by atoms with Crippen LogP contribution in [0.15, 0.2) is 22.7 Å². The molecule has 1 heterocycles. The lowest BCUT2D eigenvalue weighted by Crippen LogP contribution is -2.35. The van der Waals surface area contributed by atoms with Gasteiger partial charge in [-0.15, -0.1) is 0 Å². The molecule has 1 saturated heterocycles. The summed E-state index contributed by atoms with van der Waals surface area (Å²) in [4.78, 5) is 0. The Bertz CT molecular complexity index is 405. The van der Waals surface area contributed by atoms with Gasteiger partial charge in [0.05, 0.1) is 18.8 Å². The number of rotatable bonds is 5. The van der Waals surface area contributed by atoms with E-state index in [9.17, 15) is 5.11 Å². The van der Waals surface area contributed by atoms with Crippen molar-refractivity contribution in [1.29, 1.82) is 0 Å². The zero-order chi connectivity index (χ0) is 13.7. The molecule has 1 fully saturated rings. The van der Waals surface area contributed by atoms with Crippen molar-refractivity contribution in [3.63, 3.8) is 0 Å². The number of nitrogens with one attached hydrogen (secondary N) is 1. The molecule has 1 aliphatic heterocycles. The third kappa shape index (κ3) is 4.28. The second-order valence-corrected chi connectivity index (χ2v) is 6.05. The number of aryl methyl sites for hydroxylation is 1. The minimum Gasteiger partial charge on any atom is -0.394 e. The number of hydrogen-bond acceptors (Lipinski definition) is 3. The first-order valence-corrected chi connectivity index (χ1v) is 7.72. The van der Waals surface area contributed by atoms with Crippen LogP contribution in [0, 0.1) is 6.92 Å². The predicted molar refractivity (Wildman–Crippen MR) is 80.3 cm³/mol. The van der Waals surface area contributed by atoms with Crippen LogP contribution < -0.4 is 5.32 Å². The fourth-order valence-electron chi connectivity index (χ4n) is 2.55. The molecule has 0 saturated carbocycles. The molecule has 4 heteroatoms. The molecule has 0 bridgehead atoms. The van der Waals surface area contributed by atoms with E-state index < -0.39 is 0 Å². The zero-order valence-electron chi connectivity index (χ0n) is 11.4. The molecule has 19 heavy (non-hydrogen) atoms. The average molecular weight is 328 g/mol. The summed E-state index contributed by atoms with van der Waals surface area (Å²) in [6, 6.07) is 6.15. The Balaban J connectivity index is 1.95. The molecule has 1 aliphatic rings. The van der Waals surface area contributed by atoms with Crippen molar-refractivity contribution in [3.05, 3.63) is 33.8 Å². The summed E-state index contributed by atoms with van der Waals surface area (Å²) in [6.45, 7) is 3.85. The highest BCUT2D eigenvalue weighted by molar-refractivity contribution is 9.10. The van der Waals surface area contributed by atoms with Crippen LogP contribution in [0.4, 0.5) is 0 Å². The van der Waals surface area contributed by atoms with Crippen LogP contribution in [-0.2, 0) is 4.74 Å². The molecule has 2 N–H and O–H groups in total. The number of aliphatic hydroxyl groups is 1. The van der Waals surface area contributed by atoms with Crippen LogP contribution in [0.25, 0.3) is 0 Å². The third-order valence-corrected chi connectivity index (χ3v) is 4.15. The van der Waals surface area contributed by atoms with E-state index in [1.165, 1.54) is 18.4 Å². The Labute approximate surface area is 123 Å². The average Bonchev–Trinajstić information content (AvgIpc) is 2.42. The molecule has 0 spiro atoms. The van der Waals surface area contributed by atoms with E-state index in [1.54, 1.807) is 0 Å². The summed E-state index contributed by atoms with van der Waals surface area (Å²) in [7, 11) is 0. The first-order valence-electron chi connectivity index (χ1n) is 6.92. The summed E-state index contributed by atoms with van der Waals surface area (Å²) in [5.41, 5.74) is 2.34. The SMILES string of the molecule is Cc1cc(Br)ccc1C(CO)NCC1CCCCO1. The summed E-state index contributed by atoms with van der Waals surface area (Å²) in [6.07, 6.45) is 3.82. The van der Waals surface area contributed by atoms with Crippen LogP contribution in [0.3, 0.4) is 0 Å². The quantitative estimate of drug-likeness (QED) is 0.873. The number of aliphatic hydroxyl groups excluding tert-OH is 1. The molecular weight excluding hydrogens is 306 g/mol. The molecule has 106 valence electrons.